The van der Waals surface area contributed by atoms with E-state index in [-0.39, 0.29) is 5.75 Å². The van der Waals surface area contributed by atoms with Crippen LogP contribution in [0.3, 0.4) is 0 Å². The first kappa shape index (κ1) is 13.6. The lowest BCUT2D eigenvalue weighted by Gasteiger charge is -2.03. The Morgan fingerprint density at radius 2 is 1.81 bits per heavy atom. The Kier molecular flexibility index (Phi) is 4.17. The minimum absolute atomic E-state index is 0.263. The first-order valence-corrected chi connectivity index (χ1v) is 7.23. The highest BCUT2D eigenvalue weighted by atomic mass is 16.3. The summed E-state index contributed by atoms with van der Waals surface area (Å²) in [6, 6.07) is 15.7. The van der Waals surface area contributed by atoms with Crippen molar-refractivity contribution in [3.63, 3.8) is 0 Å². The molecular weight excluding hydrogens is 262 g/mol. The Hall–Kier alpha value is -2.33. The predicted molar refractivity (Wildman–Crippen MR) is 84.5 cm³/mol. The van der Waals surface area contributed by atoms with Gasteiger partial charge in [-0.3, -0.25) is 0 Å². The van der Waals surface area contributed by atoms with Crippen molar-refractivity contribution in [1.82, 2.24) is 15.3 Å². The summed E-state index contributed by atoms with van der Waals surface area (Å²) < 4.78 is 0. The largest absolute Gasteiger partial charge is 0.508 e. The third-order valence-corrected chi connectivity index (χ3v) is 3.49. The molecule has 2 aromatic carbocycles. The Morgan fingerprint density at radius 1 is 1.00 bits per heavy atom. The van der Waals surface area contributed by atoms with E-state index in [4.69, 9.17) is 0 Å². The number of aromatic amines is 1. The van der Waals surface area contributed by atoms with Gasteiger partial charge in [0.15, 0.2) is 0 Å². The van der Waals surface area contributed by atoms with E-state index in [1.807, 2.05) is 12.1 Å². The number of benzene rings is 2. The Morgan fingerprint density at radius 3 is 2.67 bits per heavy atom. The van der Waals surface area contributed by atoms with Gasteiger partial charge in [0.2, 0.25) is 0 Å². The number of hydrogen-bond donors (Lipinski definition) is 3. The molecule has 0 amide bonds. The van der Waals surface area contributed by atoms with Gasteiger partial charge in [-0.2, -0.15) is 0 Å². The van der Waals surface area contributed by atoms with Crippen LogP contribution in [0.25, 0.3) is 11.0 Å². The number of phenolic OH excluding ortho intramolecular Hbond substituents is 1. The van der Waals surface area contributed by atoms with Crippen LogP contribution in [0.15, 0.2) is 48.5 Å². The highest BCUT2D eigenvalue weighted by molar-refractivity contribution is 5.76. The predicted octanol–water partition coefficient (Wildman–Crippen LogP) is 2.64. The van der Waals surface area contributed by atoms with Crippen LogP contribution in [-0.4, -0.2) is 28.2 Å². The molecule has 108 valence electrons. The first-order valence-electron chi connectivity index (χ1n) is 7.23. The molecule has 0 saturated heterocycles. The molecule has 21 heavy (non-hydrogen) atoms. The van der Waals surface area contributed by atoms with Crippen LogP contribution in [0, 0.1) is 0 Å². The van der Waals surface area contributed by atoms with Crippen molar-refractivity contribution in [2.45, 2.75) is 12.8 Å². The maximum Gasteiger partial charge on any atom is 0.117 e. The molecule has 3 N–H and O–H groups in total. The molecule has 0 aliphatic carbocycles. The molecule has 3 rings (SSSR count). The Labute approximate surface area is 123 Å². The highest BCUT2D eigenvalue weighted by Crippen LogP contribution is 2.17. The molecule has 0 atom stereocenters. The van der Waals surface area contributed by atoms with Gasteiger partial charge in [-0.15, -0.1) is 0 Å². The van der Waals surface area contributed by atoms with Crippen LogP contribution in [0.1, 0.15) is 11.4 Å². The van der Waals surface area contributed by atoms with Crippen molar-refractivity contribution in [2.75, 3.05) is 13.1 Å². The second-order valence-corrected chi connectivity index (χ2v) is 5.12. The van der Waals surface area contributed by atoms with Crippen LogP contribution in [-0.2, 0) is 12.8 Å². The first-order chi connectivity index (χ1) is 10.3. The van der Waals surface area contributed by atoms with Crippen molar-refractivity contribution in [3.8, 4) is 5.75 Å². The molecular formula is C17H19N3O. The number of fused-ring (bicyclic) bond motifs is 1. The summed E-state index contributed by atoms with van der Waals surface area (Å²) in [5.41, 5.74) is 3.13. The summed E-state index contributed by atoms with van der Waals surface area (Å²) in [6.07, 6.45) is 1.89. The number of nitrogens with one attached hydrogen (secondary N) is 2. The maximum atomic E-state index is 9.43. The number of nitrogens with zero attached hydrogens (tertiary/aromatic N) is 1. The van der Waals surface area contributed by atoms with Gasteiger partial charge >= 0.3 is 0 Å². The summed E-state index contributed by atoms with van der Waals surface area (Å²) in [6.45, 7) is 1.85. The quantitative estimate of drug-likeness (QED) is 0.609. The van der Waals surface area contributed by atoms with Crippen LogP contribution >= 0.6 is 0 Å². The molecule has 0 aliphatic heterocycles. The van der Waals surface area contributed by atoms with E-state index in [0.29, 0.717) is 0 Å². The van der Waals surface area contributed by atoms with Crippen molar-refractivity contribution < 1.29 is 5.11 Å². The molecule has 0 bridgehead atoms. The lowest BCUT2D eigenvalue weighted by molar-refractivity contribution is 0.476. The fraction of sp³-hybridized carbons (Fsp3) is 0.235. The lowest BCUT2D eigenvalue weighted by Crippen LogP contribution is -2.20. The van der Waals surface area contributed by atoms with E-state index in [1.54, 1.807) is 12.1 Å². The smallest absolute Gasteiger partial charge is 0.117 e. The van der Waals surface area contributed by atoms with E-state index >= 15 is 0 Å². The summed E-state index contributed by atoms with van der Waals surface area (Å²) in [5.74, 6) is 1.21. The number of rotatable bonds is 6. The van der Waals surface area contributed by atoms with Crippen molar-refractivity contribution in [3.05, 3.63) is 59.9 Å². The molecule has 0 spiro atoms. The van der Waals surface area contributed by atoms with E-state index < -0.39 is 0 Å². The van der Waals surface area contributed by atoms with Crippen LogP contribution in [0.2, 0.25) is 0 Å². The number of phenols is 1. The van der Waals surface area contributed by atoms with Crippen molar-refractivity contribution in [1.29, 1.82) is 0 Å². The molecule has 3 aromatic rings. The fourth-order valence-electron chi connectivity index (χ4n) is 2.38. The monoisotopic (exact) mass is 281 g/mol. The van der Waals surface area contributed by atoms with Crippen LogP contribution < -0.4 is 5.32 Å². The third-order valence-electron chi connectivity index (χ3n) is 3.49. The summed E-state index contributed by atoms with van der Waals surface area (Å²) in [7, 11) is 0. The van der Waals surface area contributed by atoms with Crippen molar-refractivity contribution >= 4 is 11.0 Å². The average molecular weight is 281 g/mol. The number of aromatic nitrogens is 2. The summed E-state index contributed by atoms with van der Waals surface area (Å²) >= 11 is 0. The highest BCUT2D eigenvalue weighted by Gasteiger charge is 2.03. The molecule has 0 unspecified atom stereocenters. The van der Waals surface area contributed by atoms with E-state index in [9.17, 15) is 5.11 Å². The van der Waals surface area contributed by atoms with Crippen LogP contribution in [0.4, 0.5) is 0 Å². The topological polar surface area (TPSA) is 60.9 Å². The zero-order chi connectivity index (χ0) is 14.5. The molecule has 1 aromatic heterocycles. The van der Waals surface area contributed by atoms with E-state index in [2.05, 4.69) is 39.6 Å². The number of H-pyrrole nitrogens is 1. The van der Waals surface area contributed by atoms with Gasteiger partial charge in [-0.05, 0) is 30.7 Å². The molecule has 4 heteroatoms. The maximum absolute atomic E-state index is 9.43. The van der Waals surface area contributed by atoms with Gasteiger partial charge < -0.3 is 15.4 Å². The minimum Gasteiger partial charge on any atom is -0.508 e. The van der Waals surface area contributed by atoms with Gasteiger partial charge in [0.25, 0.3) is 0 Å². The molecule has 0 saturated carbocycles. The van der Waals surface area contributed by atoms with Gasteiger partial charge in [0.1, 0.15) is 11.6 Å². The van der Waals surface area contributed by atoms with Crippen molar-refractivity contribution in [2.24, 2.45) is 0 Å². The molecule has 0 radical (unpaired) electrons. The fourth-order valence-corrected chi connectivity index (χ4v) is 2.38. The lowest BCUT2D eigenvalue weighted by atomic mass is 10.1. The van der Waals surface area contributed by atoms with Crippen LogP contribution in [0.5, 0.6) is 5.75 Å². The molecule has 0 fully saturated rings. The average Bonchev–Trinajstić information content (AvgIpc) is 2.90. The normalized spacial score (nSPS) is 11.0. The molecule has 4 nitrogen and oxygen atoms in total. The molecule has 1 heterocycles. The van der Waals surface area contributed by atoms with Gasteiger partial charge in [-0.25, -0.2) is 4.98 Å². The van der Waals surface area contributed by atoms with Gasteiger partial charge in [0, 0.05) is 19.0 Å². The number of hydrogen-bond acceptors (Lipinski definition) is 3. The standard InChI is InChI=1S/C17H19N3O/c21-14-6-7-15-16(12-14)20-17(19-15)9-11-18-10-8-13-4-2-1-3-5-13/h1-7,12,18,21H,8-11H2,(H,19,20). The Balaban J connectivity index is 1.46. The van der Waals surface area contributed by atoms with Gasteiger partial charge in [-0.1, -0.05) is 30.3 Å². The van der Waals surface area contributed by atoms with E-state index in [1.165, 1.54) is 5.56 Å². The zero-order valence-corrected chi connectivity index (χ0v) is 11.8. The zero-order valence-electron chi connectivity index (χ0n) is 11.8. The SMILES string of the molecule is Oc1ccc2nc(CCNCCc3ccccc3)[nH]c2c1. The number of imidazole rings is 1. The summed E-state index contributed by atoms with van der Waals surface area (Å²) in [4.78, 5) is 7.74. The Bertz CT molecular complexity index is 706. The minimum atomic E-state index is 0.263. The second kappa shape index (κ2) is 6.41. The third kappa shape index (κ3) is 3.61. The van der Waals surface area contributed by atoms with Gasteiger partial charge in [0.05, 0.1) is 11.0 Å². The van der Waals surface area contributed by atoms with E-state index in [0.717, 1.165) is 42.8 Å². The summed E-state index contributed by atoms with van der Waals surface area (Å²) in [5, 5.41) is 12.9. The second-order valence-electron chi connectivity index (χ2n) is 5.12. The number of aromatic hydroxyl groups is 1. The molecule has 0 aliphatic rings.